The van der Waals surface area contributed by atoms with E-state index >= 15 is 0 Å². The molecule has 0 unspecified atom stereocenters. The lowest BCUT2D eigenvalue weighted by Gasteiger charge is -2.10. The summed E-state index contributed by atoms with van der Waals surface area (Å²) in [6.45, 7) is 1.90. The first-order valence-electron chi connectivity index (χ1n) is 5.90. The SMILES string of the molecule is CC[C@H](O)c1ccc(OCCCC(F)(F)F)cc1. The molecule has 18 heavy (non-hydrogen) atoms. The fraction of sp³-hybridized carbons (Fsp3) is 0.538. The lowest BCUT2D eigenvalue weighted by molar-refractivity contribution is -0.136. The van der Waals surface area contributed by atoms with E-state index in [1.54, 1.807) is 24.3 Å². The number of halogens is 3. The van der Waals surface area contributed by atoms with Crippen molar-refractivity contribution in [2.75, 3.05) is 6.61 Å². The molecule has 1 N–H and O–H groups in total. The van der Waals surface area contributed by atoms with Gasteiger partial charge in [0, 0.05) is 6.42 Å². The van der Waals surface area contributed by atoms with Gasteiger partial charge in [0.1, 0.15) is 5.75 Å². The van der Waals surface area contributed by atoms with Crippen molar-refractivity contribution in [2.45, 2.75) is 38.5 Å². The molecular weight excluding hydrogens is 245 g/mol. The highest BCUT2D eigenvalue weighted by molar-refractivity contribution is 5.28. The molecule has 102 valence electrons. The van der Waals surface area contributed by atoms with Crippen molar-refractivity contribution in [1.82, 2.24) is 0 Å². The summed E-state index contributed by atoms with van der Waals surface area (Å²) < 4.78 is 40.8. The molecule has 0 heterocycles. The minimum atomic E-state index is -4.13. The summed E-state index contributed by atoms with van der Waals surface area (Å²) in [5.74, 6) is 0.518. The van der Waals surface area contributed by atoms with Gasteiger partial charge in [-0.05, 0) is 30.5 Å². The van der Waals surface area contributed by atoms with Crippen LogP contribution in [0.3, 0.4) is 0 Å². The lowest BCUT2D eigenvalue weighted by Crippen LogP contribution is -2.09. The summed E-state index contributed by atoms with van der Waals surface area (Å²) in [4.78, 5) is 0. The van der Waals surface area contributed by atoms with Crippen LogP contribution in [0.25, 0.3) is 0 Å². The van der Waals surface area contributed by atoms with E-state index in [0.717, 1.165) is 5.56 Å². The first-order chi connectivity index (χ1) is 8.42. The van der Waals surface area contributed by atoms with Gasteiger partial charge in [-0.3, -0.25) is 0 Å². The van der Waals surface area contributed by atoms with Crippen molar-refractivity contribution >= 4 is 0 Å². The number of benzene rings is 1. The van der Waals surface area contributed by atoms with Gasteiger partial charge in [-0.2, -0.15) is 13.2 Å². The Labute approximate surface area is 104 Å². The number of ether oxygens (including phenoxy) is 1. The Balaban J connectivity index is 2.35. The molecule has 0 amide bonds. The van der Waals surface area contributed by atoms with E-state index in [2.05, 4.69) is 0 Å². The van der Waals surface area contributed by atoms with Crippen LogP contribution in [0.5, 0.6) is 5.75 Å². The molecule has 2 nitrogen and oxygen atoms in total. The van der Waals surface area contributed by atoms with Crippen LogP contribution in [0.15, 0.2) is 24.3 Å². The van der Waals surface area contributed by atoms with Crippen molar-refractivity contribution in [1.29, 1.82) is 0 Å². The van der Waals surface area contributed by atoms with Crippen molar-refractivity contribution in [3.63, 3.8) is 0 Å². The molecule has 0 fully saturated rings. The molecule has 1 rings (SSSR count). The molecule has 1 atom stereocenters. The predicted octanol–water partition coefficient (Wildman–Crippen LogP) is 3.85. The average Bonchev–Trinajstić information content (AvgIpc) is 2.33. The van der Waals surface area contributed by atoms with Crippen LogP contribution in [-0.2, 0) is 0 Å². The number of aliphatic hydroxyl groups excluding tert-OH is 1. The van der Waals surface area contributed by atoms with E-state index in [1.807, 2.05) is 6.92 Å². The second kappa shape index (κ2) is 6.64. The first-order valence-corrected chi connectivity index (χ1v) is 5.90. The Morgan fingerprint density at radius 2 is 1.83 bits per heavy atom. The first kappa shape index (κ1) is 14.8. The number of hydrogen-bond donors (Lipinski definition) is 1. The van der Waals surface area contributed by atoms with E-state index < -0.39 is 18.7 Å². The van der Waals surface area contributed by atoms with Gasteiger partial charge >= 0.3 is 6.18 Å². The van der Waals surface area contributed by atoms with Gasteiger partial charge < -0.3 is 9.84 Å². The zero-order valence-electron chi connectivity index (χ0n) is 10.2. The summed E-state index contributed by atoms with van der Waals surface area (Å²) in [5.41, 5.74) is 0.778. The highest BCUT2D eigenvalue weighted by Gasteiger charge is 2.26. The lowest BCUT2D eigenvalue weighted by atomic mass is 10.1. The summed E-state index contributed by atoms with van der Waals surface area (Å²) in [6.07, 6.45) is -4.91. The van der Waals surface area contributed by atoms with Crippen LogP contribution in [0, 0.1) is 0 Å². The van der Waals surface area contributed by atoms with E-state index in [1.165, 1.54) is 0 Å². The Kier molecular flexibility index (Phi) is 5.47. The minimum absolute atomic E-state index is 0.0369. The number of alkyl halides is 3. The van der Waals surface area contributed by atoms with Crippen molar-refractivity contribution in [3.8, 4) is 5.75 Å². The number of rotatable bonds is 6. The summed E-state index contributed by atoms with van der Waals surface area (Å²) >= 11 is 0. The molecule has 0 aliphatic rings. The van der Waals surface area contributed by atoms with Gasteiger partial charge in [0.25, 0.3) is 0 Å². The molecule has 5 heteroatoms. The molecule has 0 bridgehead atoms. The number of hydrogen-bond acceptors (Lipinski definition) is 2. The Bertz CT molecular complexity index is 346. The second-order valence-electron chi connectivity index (χ2n) is 4.06. The van der Waals surface area contributed by atoms with Crippen LogP contribution in [0.4, 0.5) is 13.2 Å². The average molecular weight is 262 g/mol. The highest BCUT2D eigenvalue weighted by Crippen LogP contribution is 2.22. The quantitative estimate of drug-likeness (QED) is 0.789. The van der Waals surface area contributed by atoms with Gasteiger partial charge in [0.05, 0.1) is 12.7 Å². The van der Waals surface area contributed by atoms with Crippen molar-refractivity contribution in [3.05, 3.63) is 29.8 Å². The van der Waals surface area contributed by atoms with Crippen LogP contribution >= 0.6 is 0 Å². The van der Waals surface area contributed by atoms with E-state index in [9.17, 15) is 18.3 Å². The summed E-state index contributed by atoms with van der Waals surface area (Å²) in [6, 6.07) is 6.74. The third-order valence-electron chi connectivity index (χ3n) is 2.52. The zero-order chi connectivity index (χ0) is 13.6. The van der Waals surface area contributed by atoms with Gasteiger partial charge in [0.2, 0.25) is 0 Å². The molecule has 0 aliphatic carbocycles. The maximum atomic E-state index is 11.9. The normalized spacial score (nSPS) is 13.4. The monoisotopic (exact) mass is 262 g/mol. The maximum Gasteiger partial charge on any atom is 0.389 e. The van der Waals surface area contributed by atoms with E-state index in [0.29, 0.717) is 12.2 Å². The van der Waals surface area contributed by atoms with Gasteiger partial charge in [-0.25, -0.2) is 0 Å². The molecule has 0 spiro atoms. The Hall–Kier alpha value is -1.23. The Morgan fingerprint density at radius 1 is 1.22 bits per heavy atom. The van der Waals surface area contributed by atoms with E-state index in [-0.39, 0.29) is 13.0 Å². The fourth-order valence-electron chi connectivity index (χ4n) is 1.48. The van der Waals surface area contributed by atoms with E-state index in [4.69, 9.17) is 4.74 Å². The van der Waals surface area contributed by atoms with Crippen LogP contribution in [0.1, 0.15) is 37.9 Å². The van der Waals surface area contributed by atoms with Crippen molar-refractivity contribution in [2.24, 2.45) is 0 Å². The largest absolute Gasteiger partial charge is 0.494 e. The number of aliphatic hydroxyl groups is 1. The smallest absolute Gasteiger partial charge is 0.389 e. The molecule has 0 saturated carbocycles. The van der Waals surface area contributed by atoms with Crippen LogP contribution in [-0.4, -0.2) is 17.9 Å². The summed E-state index contributed by atoms with van der Waals surface area (Å²) in [5, 5.41) is 9.56. The minimum Gasteiger partial charge on any atom is -0.494 e. The van der Waals surface area contributed by atoms with Crippen LogP contribution < -0.4 is 4.74 Å². The highest BCUT2D eigenvalue weighted by atomic mass is 19.4. The molecule has 0 aliphatic heterocycles. The third-order valence-corrected chi connectivity index (χ3v) is 2.52. The summed E-state index contributed by atoms with van der Waals surface area (Å²) in [7, 11) is 0. The maximum absolute atomic E-state index is 11.9. The van der Waals surface area contributed by atoms with Crippen LogP contribution in [0.2, 0.25) is 0 Å². The molecule has 0 radical (unpaired) electrons. The standard InChI is InChI=1S/C13H17F3O2/c1-2-12(17)10-4-6-11(7-5-10)18-9-3-8-13(14,15)16/h4-7,12,17H,2-3,8-9H2,1H3/t12-/m0/s1. The molecule has 1 aromatic carbocycles. The fourth-order valence-corrected chi connectivity index (χ4v) is 1.48. The van der Waals surface area contributed by atoms with Gasteiger partial charge in [0.15, 0.2) is 0 Å². The molecular formula is C13H17F3O2. The van der Waals surface area contributed by atoms with Gasteiger partial charge in [-0.15, -0.1) is 0 Å². The topological polar surface area (TPSA) is 29.5 Å². The molecule has 1 aromatic rings. The van der Waals surface area contributed by atoms with Gasteiger partial charge in [-0.1, -0.05) is 19.1 Å². The molecule has 0 aromatic heterocycles. The Morgan fingerprint density at radius 3 is 2.33 bits per heavy atom. The van der Waals surface area contributed by atoms with Crippen molar-refractivity contribution < 1.29 is 23.0 Å². The second-order valence-corrected chi connectivity index (χ2v) is 4.06. The third kappa shape index (κ3) is 5.40. The molecule has 0 saturated heterocycles. The predicted molar refractivity (Wildman–Crippen MR) is 62.5 cm³/mol. The zero-order valence-corrected chi connectivity index (χ0v) is 10.2.